The van der Waals surface area contributed by atoms with Crippen LogP contribution in [0.15, 0.2) is 48.5 Å². The number of nitrogens with zero attached hydrogens (tertiary/aromatic N) is 1. The first kappa shape index (κ1) is 28.5. The van der Waals surface area contributed by atoms with Gasteiger partial charge in [0.25, 0.3) is 0 Å². The summed E-state index contributed by atoms with van der Waals surface area (Å²) in [4.78, 5) is 13.2. The van der Waals surface area contributed by atoms with E-state index < -0.39 is 0 Å². The molecule has 1 heterocycles. The maximum absolute atomic E-state index is 13.2. The van der Waals surface area contributed by atoms with Gasteiger partial charge in [-0.3, -0.25) is 4.79 Å². The molecule has 0 bridgehead atoms. The van der Waals surface area contributed by atoms with E-state index in [9.17, 15) is 4.79 Å². The zero-order valence-corrected chi connectivity index (χ0v) is 24.8. The lowest BCUT2D eigenvalue weighted by Gasteiger charge is -2.39. The fourth-order valence-electron chi connectivity index (χ4n) is 5.75. The van der Waals surface area contributed by atoms with Crippen LogP contribution in [-0.2, 0) is 13.0 Å². The number of ketones is 1. The Morgan fingerprint density at radius 3 is 2.05 bits per heavy atom. The highest BCUT2D eigenvalue weighted by atomic mass is 79.9. The van der Waals surface area contributed by atoms with Crippen molar-refractivity contribution in [3.05, 3.63) is 65.2 Å². The summed E-state index contributed by atoms with van der Waals surface area (Å²) in [5.41, 5.74) is 3.02. The third-order valence-corrected chi connectivity index (χ3v) is 7.71. The normalized spacial score (nSPS) is 16.3. The monoisotopic (exact) mass is 595 g/mol. The van der Waals surface area contributed by atoms with Crippen LogP contribution in [0.4, 0.5) is 0 Å². The van der Waals surface area contributed by atoms with E-state index >= 15 is 0 Å². The average Bonchev–Trinajstić information content (AvgIpc) is 2.94. The number of likely N-dealkylation sites (N-methyl/N-ethyl adjacent to an activating group) is 1. The predicted octanol–water partition coefficient (Wildman–Crippen LogP) is 2.43. The first-order valence-electron chi connectivity index (χ1n) is 12.6. The smallest absolute Gasteiger partial charge is 0.216 e. The van der Waals surface area contributed by atoms with E-state index in [-0.39, 0.29) is 22.8 Å². The van der Waals surface area contributed by atoms with E-state index in [1.54, 1.807) is 35.5 Å². The highest BCUT2D eigenvalue weighted by Crippen LogP contribution is 2.48. The van der Waals surface area contributed by atoms with Crippen molar-refractivity contribution in [3.63, 3.8) is 0 Å². The molecule has 206 valence electrons. The van der Waals surface area contributed by atoms with Crippen molar-refractivity contribution in [1.29, 1.82) is 0 Å². The molecule has 1 aliphatic rings. The molecule has 0 N–H and O–H groups in total. The minimum atomic E-state index is 0. The zero-order valence-electron chi connectivity index (χ0n) is 23.2. The van der Waals surface area contributed by atoms with E-state index in [1.807, 2.05) is 36.4 Å². The van der Waals surface area contributed by atoms with Crippen LogP contribution in [0.2, 0.25) is 0 Å². The van der Waals surface area contributed by atoms with Crippen LogP contribution in [0.25, 0.3) is 21.5 Å². The average molecular weight is 597 g/mol. The Labute approximate surface area is 239 Å². The van der Waals surface area contributed by atoms with Crippen molar-refractivity contribution < 1.29 is 49.9 Å². The third kappa shape index (κ3) is 4.99. The van der Waals surface area contributed by atoms with Crippen LogP contribution >= 0.6 is 0 Å². The van der Waals surface area contributed by atoms with E-state index in [4.69, 9.17) is 23.7 Å². The molecule has 0 saturated carbocycles. The van der Waals surface area contributed by atoms with Gasteiger partial charge in [0.2, 0.25) is 5.78 Å². The van der Waals surface area contributed by atoms with Gasteiger partial charge in [0.15, 0.2) is 23.0 Å². The van der Waals surface area contributed by atoms with Crippen LogP contribution in [-0.4, -0.2) is 66.0 Å². The summed E-state index contributed by atoms with van der Waals surface area (Å²) in [6.45, 7) is 1.89. The minimum absolute atomic E-state index is 0. The number of rotatable bonds is 8. The number of benzene rings is 4. The second-order valence-electron chi connectivity index (χ2n) is 10.0. The number of quaternary nitrogens is 1. The molecule has 7 nitrogen and oxygen atoms in total. The highest BCUT2D eigenvalue weighted by Gasteiger charge is 2.36. The molecule has 0 aliphatic carbocycles. The van der Waals surface area contributed by atoms with Crippen molar-refractivity contribution in [2.45, 2.75) is 13.0 Å². The lowest BCUT2D eigenvalue weighted by molar-refractivity contribution is -0.916. The fourth-order valence-corrected chi connectivity index (χ4v) is 5.75. The van der Waals surface area contributed by atoms with Crippen molar-refractivity contribution in [2.75, 3.05) is 55.7 Å². The summed E-state index contributed by atoms with van der Waals surface area (Å²) in [5.74, 6) is 3.59. The van der Waals surface area contributed by atoms with Crippen LogP contribution in [0.1, 0.15) is 21.5 Å². The van der Waals surface area contributed by atoms with Crippen molar-refractivity contribution in [2.24, 2.45) is 0 Å². The molecule has 39 heavy (non-hydrogen) atoms. The second-order valence-corrected chi connectivity index (χ2v) is 10.0. The molecule has 0 amide bonds. The second kappa shape index (κ2) is 11.3. The Hall–Kier alpha value is -3.49. The first-order chi connectivity index (χ1) is 18.4. The van der Waals surface area contributed by atoms with Crippen LogP contribution < -0.4 is 40.7 Å². The molecule has 4 aromatic carbocycles. The summed E-state index contributed by atoms with van der Waals surface area (Å²) in [6.07, 6.45) is 0.817. The van der Waals surface area contributed by atoms with Gasteiger partial charge in [-0.15, -0.1) is 0 Å². The van der Waals surface area contributed by atoms with Crippen LogP contribution in [0.3, 0.4) is 0 Å². The Balaban J connectivity index is 0.00000353. The number of fused-ring (bicyclic) bond motifs is 5. The van der Waals surface area contributed by atoms with Crippen molar-refractivity contribution >= 4 is 27.3 Å². The molecular formula is C31H34BrNO6. The van der Waals surface area contributed by atoms with Gasteiger partial charge in [-0.05, 0) is 58.1 Å². The molecule has 0 saturated heterocycles. The lowest BCUT2D eigenvalue weighted by atomic mass is 9.88. The van der Waals surface area contributed by atoms with E-state index in [1.165, 1.54) is 5.56 Å². The quantitative estimate of drug-likeness (QED) is 0.177. The maximum Gasteiger partial charge on any atom is 0.216 e. The number of hydrogen-bond donors (Lipinski definition) is 0. The number of ether oxygens (including phenoxy) is 5. The Morgan fingerprint density at radius 2 is 1.44 bits per heavy atom. The molecule has 1 aliphatic heterocycles. The van der Waals surface area contributed by atoms with Crippen molar-refractivity contribution in [3.8, 4) is 28.7 Å². The van der Waals surface area contributed by atoms with E-state index in [2.05, 4.69) is 19.2 Å². The number of methoxy groups -OCH3 is 5. The van der Waals surface area contributed by atoms with Gasteiger partial charge in [0, 0.05) is 17.4 Å². The van der Waals surface area contributed by atoms with Crippen LogP contribution in [0, 0.1) is 0 Å². The number of carbonyl (C=O) groups is 1. The largest absolute Gasteiger partial charge is 1.00 e. The predicted molar refractivity (Wildman–Crippen MR) is 148 cm³/mol. The molecule has 0 fully saturated rings. The Kier molecular flexibility index (Phi) is 8.28. The van der Waals surface area contributed by atoms with Gasteiger partial charge >= 0.3 is 0 Å². The summed E-state index contributed by atoms with van der Waals surface area (Å²) >= 11 is 0. The van der Waals surface area contributed by atoms with Crippen molar-refractivity contribution in [1.82, 2.24) is 0 Å². The molecule has 1 unspecified atom stereocenters. The molecule has 4 aromatic rings. The topological polar surface area (TPSA) is 63.2 Å². The molecule has 0 spiro atoms. The molecule has 5 rings (SSSR count). The number of halogens is 1. The number of hydrogen-bond acceptors (Lipinski definition) is 6. The first-order valence-corrected chi connectivity index (χ1v) is 12.6. The van der Waals surface area contributed by atoms with Crippen LogP contribution in [0.5, 0.6) is 28.7 Å². The standard InChI is InChI=1S/C31H34NO6.BrH/c1-32(18-26(33)19-7-10-21(34-2)11-8-19)14-13-22-23-12-9-20-15-27(35-3)28(36-4)16-24(20)29(23)31(38-6)30(37-5)25(22)17-32;/h7-12,15-16H,13-14,17-18H2,1-6H3;1H/q+1;/p-1. The van der Waals surface area contributed by atoms with Gasteiger partial charge in [-0.1, -0.05) is 12.1 Å². The van der Waals surface area contributed by atoms with Gasteiger partial charge < -0.3 is 45.1 Å². The van der Waals surface area contributed by atoms with E-state index in [0.29, 0.717) is 40.4 Å². The summed E-state index contributed by atoms with van der Waals surface area (Å²) in [7, 11) is 10.4. The minimum Gasteiger partial charge on any atom is -1.00 e. The molecule has 0 aromatic heterocycles. The molecule has 1 atom stereocenters. The third-order valence-electron chi connectivity index (χ3n) is 7.71. The molecular weight excluding hydrogens is 562 g/mol. The Bertz CT molecular complexity index is 1530. The Morgan fingerprint density at radius 1 is 0.769 bits per heavy atom. The van der Waals surface area contributed by atoms with Gasteiger partial charge in [-0.25, -0.2) is 0 Å². The molecule has 8 heteroatoms. The SMILES string of the molecule is COc1ccc(C(=O)C[N+]2(C)CCc3c(c(OC)c(OC)c4c3ccc3cc(OC)c(OC)cc34)C2)cc1.[Br-]. The lowest BCUT2D eigenvalue weighted by Crippen LogP contribution is -3.00. The van der Waals surface area contributed by atoms with E-state index in [0.717, 1.165) is 51.6 Å². The van der Waals surface area contributed by atoms with Gasteiger partial charge in [-0.2, -0.15) is 0 Å². The molecule has 0 radical (unpaired) electrons. The summed E-state index contributed by atoms with van der Waals surface area (Å²) in [5, 5.41) is 4.16. The summed E-state index contributed by atoms with van der Waals surface area (Å²) < 4.78 is 29.0. The number of carbonyl (C=O) groups excluding carboxylic acids is 1. The zero-order chi connectivity index (χ0) is 27.0. The maximum atomic E-state index is 13.2. The van der Waals surface area contributed by atoms with Gasteiger partial charge in [0.1, 0.15) is 18.8 Å². The highest BCUT2D eigenvalue weighted by molar-refractivity contribution is 6.14. The van der Waals surface area contributed by atoms with Gasteiger partial charge in [0.05, 0.1) is 54.7 Å². The number of Topliss-reactive ketones (excluding diaryl/α,β-unsaturated/α-hetero) is 1. The fraction of sp³-hybridized carbons (Fsp3) is 0.323. The summed E-state index contributed by atoms with van der Waals surface area (Å²) in [6, 6.07) is 15.6.